The van der Waals surface area contributed by atoms with Gasteiger partial charge in [-0.25, -0.2) is 0 Å². The molecule has 0 aromatic heterocycles. The van der Waals surface area contributed by atoms with Gasteiger partial charge < -0.3 is 4.90 Å². The van der Waals surface area contributed by atoms with E-state index >= 15 is 0 Å². The first kappa shape index (κ1) is 64.9. The van der Waals surface area contributed by atoms with Crippen LogP contribution in [-0.4, -0.2) is 48.6 Å². The molecule has 0 spiro atoms. The Morgan fingerprint density at radius 3 is 0.538 bits per heavy atom. The zero-order chi connectivity index (χ0) is 47.0. The van der Waals surface area contributed by atoms with Crippen molar-refractivity contribution < 1.29 is 0 Å². The van der Waals surface area contributed by atoms with E-state index in [0.29, 0.717) is 6.04 Å². The van der Waals surface area contributed by atoms with Crippen LogP contribution in [0.5, 0.6) is 0 Å². The Bertz CT molecular complexity index is 751. The van der Waals surface area contributed by atoms with E-state index in [1.54, 1.807) is 0 Å². The van der Waals surface area contributed by atoms with Crippen LogP contribution in [0.2, 0.25) is 0 Å². The molecule has 0 heterocycles. The molecule has 0 aliphatic carbocycles. The van der Waals surface area contributed by atoms with Crippen LogP contribution in [0.3, 0.4) is 0 Å². The SMILES string of the molecule is CCCCCCCCCCCCCCCN(CCCCCCCCCCCCCCC)CC(C)N(CCCCCCCCCCCCCCC)CCCCCCCCCCCCCCC. The number of unbranched alkanes of at least 4 members (excludes halogenated alkanes) is 48. The van der Waals surface area contributed by atoms with Crippen LogP contribution in [0, 0.1) is 0 Å². The molecule has 2 nitrogen and oxygen atoms in total. The molecule has 0 aliphatic heterocycles. The van der Waals surface area contributed by atoms with Gasteiger partial charge in [-0.3, -0.25) is 4.90 Å². The summed E-state index contributed by atoms with van der Waals surface area (Å²) in [5.41, 5.74) is 0. The standard InChI is InChI=1S/C63H130N2/c1-6-10-14-18-22-26-30-34-38-42-46-50-54-58-64(59-55-51-47-43-39-35-31-27-23-19-15-11-7-2)62-63(5)65(60-56-52-48-44-40-36-32-28-24-20-16-12-8-3)61-57-53-49-45-41-37-33-29-25-21-17-13-9-4/h63H,6-62H2,1-5H3. The molecule has 0 bridgehead atoms. The quantitative estimate of drug-likeness (QED) is 0.0561. The normalized spacial score (nSPS) is 12.4. The van der Waals surface area contributed by atoms with Crippen LogP contribution in [-0.2, 0) is 0 Å². The Morgan fingerprint density at radius 2 is 0.354 bits per heavy atom. The largest absolute Gasteiger partial charge is 0.302 e. The molecule has 0 radical (unpaired) electrons. The summed E-state index contributed by atoms with van der Waals surface area (Å²) in [4.78, 5) is 5.92. The lowest BCUT2D eigenvalue weighted by Crippen LogP contribution is -2.44. The molecule has 392 valence electrons. The molecule has 65 heavy (non-hydrogen) atoms. The van der Waals surface area contributed by atoms with E-state index in [4.69, 9.17) is 0 Å². The minimum absolute atomic E-state index is 0.689. The minimum Gasteiger partial charge on any atom is -0.302 e. The average molecular weight is 916 g/mol. The van der Waals surface area contributed by atoms with Crippen molar-refractivity contribution in [3.63, 3.8) is 0 Å². The maximum absolute atomic E-state index is 2.97. The van der Waals surface area contributed by atoms with Crippen molar-refractivity contribution >= 4 is 0 Å². The molecule has 0 rings (SSSR count). The summed E-state index contributed by atoms with van der Waals surface area (Å²) in [5, 5.41) is 0. The predicted octanol–water partition coefficient (Wildman–Crippen LogP) is 22.3. The topological polar surface area (TPSA) is 6.48 Å². The zero-order valence-corrected chi connectivity index (χ0v) is 46.8. The fourth-order valence-electron chi connectivity index (χ4n) is 10.7. The van der Waals surface area contributed by atoms with Crippen LogP contribution in [0.4, 0.5) is 0 Å². The van der Waals surface area contributed by atoms with Gasteiger partial charge in [-0.1, -0.05) is 336 Å². The van der Waals surface area contributed by atoms with Crippen LogP contribution >= 0.6 is 0 Å². The number of hydrogen-bond acceptors (Lipinski definition) is 2. The molecule has 0 N–H and O–H groups in total. The Hall–Kier alpha value is -0.0800. The lowest BCUT2D eigenvalue weighted by Gasteiger charge is -2.34. The summed E-state index contributed by atoms with van der Waals surface area (Å²) < 4.78 is 0. The fraction of sp³-hybridized carbons (Fsp3) is 1.00. The molecule has 0 aliphatic rings. The molecule has 0 saturated heterocycles. The van der Waals surface area contributed by atoms with Gasteiger partial charge in [0.15, 0.2) is 0 Å². The van der Waals surface area contributed by atoms with Crippen molar-refractivity contribution in [2.45, 2.75) is 375 Å². The highest BCUT2D eigenvalue weighted by Crippen LogP contribution is 2.19. The van der Waals surface area contributed by atoms with Crippen molar-refractivity contribution in [1.82, 2.24) is 9.80 Å². The van der Waals surface area contributed by atoms with Crippen LogP contribution in [0.1, 0.15) is 369 Å². The molecule has 0 aromatic rings. The van der Waals surface area contributed by atoms with Gasteiger partial charge in [0.1, 0.15) is 0 Å². The number of rotatable bonds is 59. The number of hydrogen-bond donors (Lipinski definition) is 0. The van der Waals surface area contributed by atoms with Gasteiger partial charge in [0.25, 0.3) is 0 Å². The first-order valence-electron chi connectivity index (χ1n) is 31.7. The van der Waals surface area contributed by atoms with E-state index in [0.717, 1.165) is 0 Å². The summed E-state index contributed by atoms with van der Waals surface area (Å²) in [6.07, 6.45) is 75.6. The van der Waals surface area contributed by atoms with Gasteiger partial charge in [0.05, 0.1) is 0 Å². The molecular formula is C63H130N2. The Labute approximate surface area is 415 Å². The number of nitrogens with zero attached hydrogens (tertiary/aromatic N) is 2. The second-order valence-electron chi connectivity index (χ2n) is 22.2. The lowest BCUT2D eigenvalue weighted by molar-refractivity contribution is 0.140. The molecule has 1 unspecified atom stereocenters. The van der Waals surface area contributed by atoms with E-state index in [1.807, 2.05) is 0 Å². The molecule has 0 aromatic carbocycles. The molecule has 1 atom stereocenters. The molecule has 0 amide bonds. The highest BCUT2D eigenvalue weighted by Gasteiger charge is 2.17. The van der Waals surface area contributed by atoms with Crippen LogP contribution in [0.15, 0.2) is 0 Å². The summed E-state index contributed by atoms with van der Waals surface area (Å²) in [7, 11) is 0. The second-order valence-corrected chi connectivity index (χ2v) is 22.2. The Morgan fingerprint density at radius 1 is 0.200 bits per heavy atom. The first-order chi connectivity index (χ1) is 32.2. The highest BCUT2D eigenvalue weighted by molar-refractivity contribution is 4.74. The molecule has 2 heteroatoms. The zero-order valence-electron chi connectivity index (χ0n) is 46.8. The van der Waals surface area contributed by atoms with Crippen LogP contribution < -0.4 is 0 Å². The lowest BCUT2D eigenvalue weighted by atomic mass is 10.0. The summed E-state index contributed by atoms with van der Waals surface area (Å²) in [6.45, 7) is 18.6. The third-order valence-corrected chi connectivity index (χ3v) is 15.4. The smallest absolute Gasteiger partial charge is 0.0194 e. The average Bonchev–Trinajstić information content (AvgIpc) is 3.31. The third kappa shape index (κ3) is 53.1. The van der Waals surface area contributed by atoms with E-state index in [1.165, 1.54) is 367 Å². The Balaban J connectivity index is 4.91. The third-order valence-electron chi connectivity index (χ3n) is 15.4. The summed E-state index contributed by atoms with van der Waals surface area (Å²) in [5.74, 6) is 0. The van der Waals surface area contributed by atoms with Crippen molar-refractivity contribution in [1.29, 1.82) is 0 Å². The first-order valence-corrected chi connectivity index (χ1v) is 31.7. The van der Waals surface area contributed by atoms with Gasteiger partial charge in [-0.15, -0.1) is 0 Å². The predicted molar refractivity (Wildman–Crippen MR) is 300 cm³/mol. The van der Waals surface area contributed by atoms with Gasteiger partial charge in [-0.2, -0.15) is 0 Å². The second kappa shape index (κ2) is 58.2. The van der Waals surface area contributed by atoms with Gasteiger partial charge in [0.2, 0.25) is 0 Å². The maximum Gasteiger partial charge on any atom is 0.0194 e. The van der Waals surface area contributed by atoms with E-state index in [2.05, 4.69) is 44.4 Å². The van der Waals surface area contributed by atoms with E-state index < -0.39 is 0 Å². The molecule has 0 saturated carbocycles. The highest BCUT2D eigenvalue weighted by atomic mass is 15.2. The summed E-state index contributed by atoms with van der Waals surface area (Å²) >= 11 is 0. The van der Waals surface area contributed by atoms with Crippen molar-refractivity contribution in [3.8, 4) is 0 Å². The fourth-order valence-corrected chi connectivity index (χ4v) is 10.7. The van der Waals surface area contributed by atoms with Gasteiger partial charge >= 0.3 is 0 Å². The van der Waals surface area contributed by atoms with E-state index in [-0.39, 0.29) is 0 Å². The maximum atomic E-state index is 2.97. The van der Waals surface area contributed by atoms with Gasteiger partial charge in [0, 0.05) is 12.6 Å². The Kier molecular flexibility index (Phi) is 58.2. The summed E-state index contributed by atoms with van der Waals surface area (Å²) in [6, 6.07) is 0.689. The van der Waals surface area contributed by atoms with E-state index in [9.17, 15) is 0 Å². The van der Waals surface area contributed by atoms with Crippen LogP contribution in [0.25, 0.3) is 0 Å². The van der Waals surface area contributed by atoms with Crippen molar-refractivity contribution in [3.05, 3.63) is 0 Å². The van der Waals surface area contributed by atoms with Crippen molar-refractivity contribution in [2.24, 2.45) is 0 Å². The molecular weight excluding hydrogens is 785 g/mol. The molecule has 0 fully saturated rings. The monoisotopic (exact) mass is 915 g/mol. The minimum atomic E-state index is 0.689. The van der Waals surface area contributed by atoms with Gasteiger partial charge in [-0.05, 0) is 58.8 Å². The van der Waals surface area contributed by atoms with Crippen molar-refractivity contribution in [2.75, 3.05) is 32.7 Å².